The van der Waals surface area contributed by atoms with Gasteiger partial charge in [0.05, 0.1) is 32.7 Å². The first-order valence-corrected chi connectivity index (χ1v) is 14.5. The van der Waals surface area contributed by atoms with Gasteiger partial charge in [0.25, 0.3) is 0 Å². The lowest BCUT2D eigenvalue weighted by atomic mass is 9.96. The van der Waals surface area contributed by atoms with Gasteiger partial charge in [-0.05, 0) is 147 Å². The van der Waals surface area contributed by atoms with E-state index in [9.17, 15) is 10.1 Å². The van der Waals surface area contributed by atoms with Crippen LogP contribution in [-0.4, -0.2) is 39.4 Å². The normalized spacial score (nSPS) is 8.35. The molecular weight excluding hydrogens is 660 g/mol. The van der Waals surface area contributed by atoms with Crippen molar-refractivity contribution in [3.63, 3.8) is 0 Å². The van der Waals surface area contributed by atoms with Crippen LogP contribution in [0.4, 0.5) is 5.95 Å². The van der Waals surface area contributed by atoms with Crippen molar-refractivity contribution in [1.82, 2.24) is 25.8 Å². The van der Waals surface area contributed by atoms with E-state index in [-0.39, 0.29) is 11.4 Å². The van der Waals surface area contributed by atoms with Crippen molar-refractivity contribution in [2.45, 2.75) is 34.6 Å². The highest BCUT2D eigenvalue weighted by Crippen LogP contribution is 2.38. The van der Waals surface area contributed by atoms with Crippen LogP contribution in [0, 0.1) is 145 Å². The molecule has 0 saturated carbocycles. The minimum Gasteiger partial charge on any atom is -0.361 e. The molecule has 0 radical (unpaired) electrons. The maximum Gasteiger partial charge on any atom is 0.203 e. The summed E-state index contributed by atoms with van der Waals surface area (Å²) in [4.78, 5) is 19.4. The highest BCUT2D eigenvalue weighted by molar-refractivity contribution is 5.98. The van der Waals surface area contributed by atoms with Gasteiger partial charge in [0.15, 0.2) is 5.22 Å². The summed E-state index contributed by atoms with van der Waals surface area (Å²) in [5.41, 5.74) is 8.87. The summed E-state index contributed by atoms with van der Waals surface area (Å²) in [6, 6.07) is 4.20. The summed E-state index contributed by atoms with van der Waals surface area (Å²) >= 11 is 0. The second-order valence-electron chi connectivity index (χ2n) is 9.62. The van der Waals surface area contributed by atoms with Gasteiger partial charge in [-0.15, -0.1) is 6.42 Å². The smallest absolute Gasteiger partial charge is 0.203 e. The van der Waals surface area contributed by atoms with Crippen LogP contribution in [0.5, 0.6) is 0 Å². The molecule has 3 heterocycles. The van der Waals surface area contributed by atoms with E-state index in [1.165, 1.54) is 5.53 Å². The summed E-state index contributed by atoms with van der Waals surface area (Å²) in [7, 11) is 3.92. The number of hydrogen-bond acceptors (Lipinski definition) is 10. The number of nitrogens with two attached hydrogens (primary N) is 1. The fourth-order valence-electron chi connectivity index (χ4n) is 3.98. The molecule has 1 aromatic carbocycles. The number of rotatable bonds is 5. The molecule has 0 aliphatic carbocycles. The lowest BCUT2D eigenvalue weighted by Gasteiger charge is -2.07. The highest BCUT2D eigenvalue weighted by Gasteiger charge is 2.21. The van der Waals surface area contributed by atoms with Crippen LogP contribution in [-0.2, 0) is 0 Å². The number of anilines is 1. The van der Waals surface area contributed by atoms with E-state index < -0.39 is 5.03 Å². The number of nitrogens with one attached hydrogen (secondary N) is 2. The standard InChI is InChI=1S/C19H21N5O2.C19H4.H3N5O2.8H2/c1-9-16(11(3)25-22-9)13-7-14(17-10(2)23-26-12(17)4)18-15(8-13)20-19(21-18)24(5)6;1-3-5-7-9-11-13-15-17-19-18-16-14-12-10-8-6-4-2;1-2-3-4-5(6)7;;;;;;;;/h7-8H,1-6H3,(H,20,21);1H,2H3;(H2,1,3)(H,2,4);8*1H. The van der Waals surface area contributed by atoms with Gasteiger partial charge in [0, 0.05) is 47.7 Å². The fourth-order valence-corrected chi connectivity index (χ4v) is 3.98. The number of terminal acetylenes is 1. The molecule has 52 heavy (non-hydrogen) atoms. The molecule has 0 atom stereocenters. The molecule has 0 amide bonds. The molecule has 3 aromatic heterocycles. The van der Waals surface area contributed by atoms with Gasteiger partial charge in [-0.2, -0.15) is 0 Å². The van der Waals surface area contributed by atoms with Crippen molar-refractivity contribution in [1.29, 1.82) is 0 Å². The Balaban J connectivity index is -0.000000149. The van der Waals surface area contributed by atoms with E-state index in [1.54, 1.807) is 6.92 Å². The third kappa shape index (κ3) is 12.6. The van der Waals surface area contributed by atoms with Crippen molar-refractivity contribution in [3.05, 3.63) is 45.2 Å². The van der Waals surface area contributed by atoms with Gasteiger partial charge in [0.1, 0.15) is 11.5 Å². The minimum absolute atomic E-state index is 0. The zero-order chi connectivity index (χ0) is 38.3. The van der Waals surface area contributed by atoms with Crippen LogP contribution in [0.3, 0.4) is 0 Å². The summed E-state index contributed by atoms with van der Waals surface area (Å²) in [6.45, 7) is 9.44. The van der Waals surface area contributed by atoms with E-state index in [4.69, 9.17) is 20.5 Å². The van der Waals surface area contributed by atoms with Gasteiger partial charge in [-0.25, -0.2) is 4.98 Å². The number of fused-ring (bicyclic) bond motifs is 1. The lowest BCUT2D eigenvalue weighted by Crippen LogP contribution is -2.13. The first kappa shape index (κ1) is 39.7. The highest BCUT2D eigenvalue weighted by atomic mass is 16.7. The van der Waals surface area contributed by atoms with Crippen molar-refractivity contribution in [2.75, 3.05) is 19.0 Å². The second-order valence-corrected chi connectivity index (χ2v) is 9.62. The largest absolute Gasteiger partial charge is 0.361 e. The second kappa shape index (κ2) is 21.4. The van der Waals surface area contributed by atoms with Gasteiger partial charge in [-0.1, -0.05) is 16.2 Å². The monoisotopic (exact) mass is 704 g/mol. The topological polar surface area (TPSA) is 190 Å². The Morgan fingerprint density at radius 2 is 1.33 bits per heavy atom. The van der Waals surface area contributed by atoms with Crippen molar-refractivity contribution < 1.29 is 25.5 Å². The molecule has 0 aliphatic rings. The number of nitrogens with zero attached hydrogens (tertiary/aromatic N) is 7. The molecule has 14 nitrogen and oxygen atoms in total. The maximum atomic E-state index is 9.24. The molecule has 0 fully saturated rings. The first-order valence-electron chi connectivity index (χ1n) is 14.5. The number of H-pyrrole nitrogens is 1. The lowest BCUT2D eigenvalue weighted by molar-refractivity contribution is -0.546. The molecule has 14 heteroatoms. The Labute approximate surface area is 312 Å². The Morgan fingerprint density at radius 1 is 0.846 bits per heavy atom. The Bertz CT molecular complexity index is 2540. The van der Waals surface area contributed by atoms with E-state index >= 15 is 0 Å². The summed E-state index contributed by atoms with van der Waals surface area (Å²) in [6.07, 6.45) is 4.89. The van der Waals surface area contributed by atoms with Gasteiger partial charge < -0.3 is 29.0 Å². The van der Waals surface area contributed by atoms with Gasteiger partial charge in [0.2, 0.25) is 5.95 Å². The Morgan fingerprint density at radius 3 is 1.71 bits per heavy atom. The third-order valence-electron chi connectivity index (χ3n) is 5.88. The average Bonchev–Trinajstić information content (AvgIpc) is 3.81. The molecule has 0 bridgehead atoms. The molecular formula is C38H44N10O4. The van der Waals surface area contributed by atoms with Crippen LogP contribution in [0.2, 0.25) is 0 Å². The number of nitro groups is 1. The number of hydrogen-bond donors (Lipinski definition) is 3. The average molecular weight is 705 g/mol. The third-order valence-corrected chi connectivity index (χ3v) is 5.88. The quantitative estimate of drug-likeness (QED) is 0.0751. The van der Waals surface area contributed by atoms with Crippen LogP contribution >= 0.6 is 0 Å². The van der Waals surface area contributed by atoms with E-state index in [1.807, 2.05) is 46.7 Å². The summed E-state index contributed by atoms with van der Waals surface area (Å²) in [5, 5.41) is 21.7. The van der Waals surface area contributed by atoms with E-state index in [0.717, 1.165) is 62.1 Å². The van der Waals surface area contributed by atoms with E-state index in [0.29, 0.717) is 0 Å². The number of imidazole rings is 1. The van der Waals surface area contributed by atoms with Crippen LogP contribution < -0.4 is 16.3 Å². The zero-order valence-electron chi connectivity index (χ0n) is 29.1. The Kier molecular flexibility index (Phi) is 16.4. The zero-order valence-corrected chi connectivity index (χ0v) is 29.1. The maximum absolute atomic E-state index is 9.24. The predicted molar refractivity (Wildman–Crippen MR) is 213 cm³/mol. The van der Waals surface area contributed by atoms with Crippen molar-refractivity contribution in [3.8, 4) is 129 Å². The number of aromatic amines is 1. The molecule has 4 rings (SSSR count). The van der Waals surface area contributed by atoms with Gasteiger partial charge in [-0.3, -0.25) is 5.84 Å². The molecule has 0 spiro atoms. The van der Waals surface area contributed by atoms with Crippen LogP contribution in [0.25, 0.3) is 33.3 Å². The molecule has 4 aromatic rings. The summed E-state index contributed by atoms with van der Waals surface area (Å²) in [5.74, 6) is 48.6. The van der Waals surface area contributed by atoms with Crippen molar-refractivity contribution >= 4 is 17.0 Å². The minimum atomic E-state index is -0.879. The number of aromatic nitrogens is 4. The molecule has 0 unspecified atom stereocenters. The molecule has 270 valence electrons. The SMILES string of the molecule is C#CC#CC#CC#CC#CC#CC#CC#CC#CC.Cc1noc(C)c1-c1cc(-c2c(C)noc2C)c2nc(N(C)C)[nH]c2c1.NN=NN[N+](=O)[O-].[HH].[HH].[HH].[HH].[HH].[HH].[HH].[HH]. The molecule has 0 aliphatic heterocycles. The summed E-state index contributed by atoms with van der Waals surface area (Å²) < 4.78 is 10.8. The first-order chi connectivity index (χ1) is 25.0. The number of aryl methyl sites for hydroxylation is 4. The molecule has 4 N–H and O–H groups in total. The number of benzene rings is 1. The Hall–Kier alpha value is -8.45. The van der Waals surface area contributed by atoms with Crippen LogP contribution in [0.1, 0.15) is 41.2 Å². The predicted octanol–water partition coefficient (Wildman–Crippen LogP) is 5.82. The fraction of sp³-hybridized carbons (Fsp3) is 0.184. The van der Waals surface area contributed by atoms with Gasteiger partial charge >= 0.3 is 0 Å². The molecule has 0 saturated heterocycles. The van der Waals surface area contributed by atoms with Crippen molar-refractivity contribution in [2.24, 2.45) is 16.3 Å². The number of hydrazine groups is 1. The van der Waals surface area contributed by atoms with E-state index in [2.05, 4.69) is 144 Å². The van der Waals surface area contributed by atoms with Crippen LogP contribution in [0.15, 0.2) is 31.6 Å².